The molecule has 3 heterocycles. The van der Waals surface area contributed by atoms with Crippen molar-refractivity contribution in [3.63, 3.8) is 0 Å². The number of nitrogens with one attached hydrogen (secondary N) is 1. The van der Waals surface area contributed by atoms with Gasteiger partial charge in [0.05, 0.1) is 18.9 Å². The average molecular weight is 438 g/mol. The Kier molecular flexibility index (Phi) is 5.96. The summed E-state index contributed by atoms with van der Waals surface area (Å²) < 4.78 is 61.2. The molecule has 0 aliphatic carbocycles. The molecule has 0 aliphatic heterocycles. The van der Waals surface area contributed by atoms with Gasteiger partial charge in [0.15, 0.2) is 5.82 Å². The first-order valence-electron chi connectivity index (χ1n) is 8.48. The highest BCUT2D eigenvalue weighted by Crippen LogP contribution is 2.32. The van der Waals surface area contributed by atoms with Crippen molar-refractivity contribution in [2.24, 2.45) is 0 Å². The summed E-state index contributed by atoms with van der Waals surface area (Å²) in [5.41, 5.74) is -1.04. The van der Waals surface area contributed by atoms with Crippen LogP contribution in [0.5, 0.6) is 5.88 Å². The Labute approximate surface area is 170 Å². The van der Waals surface area contributed by atoms with Crippen molar-refractivity contribution in [2.75, 3.05) is 13.7 Å². The summed E-state index contributed by atoms with van der Waals surface area (Å²) in [5, 5.41) is 10.7. The van der Waals surface area contributed by atoms with Gasteiger partial charge in [0.2, 0.25) is 11.8 Å². The Morgan fingerprint density at radius 2 is 2.03 bits per heavy atom. The number of carboxylic acid groups (broad SMARTS) is 1. The maximum absolute atomic E-state index is 15.2. The van der Waals surface area contributed by atoms with Crippen LogP contribution < -0.4 is 10.1 Å². The molecule has 9 nitrogen and oxygen atoms in total. The van der Waals surface area contributed by atoms with E-state index in [0.29, 0.717) is 3.97 Å². The summed E-state index contributed by atoms with van der Waals surface area (Å²) in [6.07, 6.45) is 1.69. The van der Waals surface area contributed by atoms with Crippen LogP contribution in [-0.2, 0) is 16.4 Å². The number of amides is 1. The smallest absolute Gasteiger partial charge is 0.404 e. The molecule has 0 aromatic carbocycles. The third kappa shape index (κ3) is 4.08. The Balaban J connectivity index is 2.16. The van der Waals surface area contributed by atoms with Gasteiger partial charge < -0.3 is 15.2 Å². The monoisotopic (exact) mass is 438 g/mol. The molecular weight excluding hydrogens is 422 g/mol. The lowest BCUT2D eigenvalue weighted by molar-refractivity contribution is 0.194. The molecule has 3 rings (SSSR count). The molecule has 3 aromatic rings. The predicted octanol–water partition coefficient (Wildman–Crippen LogP) is 2.28. The van der Waals surface area contributed by atoms with Crippen molar-refractivity contribution >= 4 is 16.1 Å². The first-order chi connectivity index (χ1) is 14.3. The van der Waals surface area contributed by atoms with Crippen LogP contribution in [0.2, 0.25) is 0 Å². The number of ether oxygens (including phenoxy) is 1. The van der Waals surface area contributed by atoms with Crippen LogP contribution >= 0.6 is 0 Å². The van der Waals surface area contributed by atoms with Crippen LogP contribution in [0, 0.1) is 11.8 Å². The number of carbonyl (C=O) groups is 1. The average Bonchev–Trinajstić information content (AvgIpc) is 3.05. The molecule has 0 unspecified atom stereocenters. The second kappa shape index (κ2) is 8.45. The minimum absolute atomic E-state index is 0.118. The maximum atomic E-state index is 15.2. The van der Waals surface area contributed by atoms with Crippen molar-refractivity contribution in [3.05, 3.63) is 60.2 Å². The van der Waals surface area contributed by atoms with Gasteiger partial charge in [-0.25, -0.2) is 31.5 Å². The van der Waals surface area contributed by atoms with E-state index in [1.807, 2.05) is 0 Å². The number of nitrogens with zero attached hydrogens (tertiary/aromatic N) is 3. The van der Waals surface area contributed by atoms with Gasteiger partial charge >= 0.3 is 6.09 Å². The second-order valence-corrected chi connectivity index (χ2v) is 7.79. The molecule has 3 aromatic heterocycles. The van der Waals surface area contributed by atoms with Crippen molar-refractivity contribution < 1.29 is 31.8 Å². The normalized spacial score (nSPS) is 11.3. The van der Waals surface area contributed by atoms with Gasteiger partial charge in [-0.05, 0) is 24.6 Å². The molecule has 0 bridgehead atoms. The SMILES string of the molecule is COc1ccc(S(=O)(=O)n2cc(CCNC(=O)O)c(F)c2-c2cccnc2F)cn1. The Bertz CT molecular complexity index is 1180. The molecule has 0 radical (unpaired) electrons. The minimum atomic E-state index is -4.38. The second-order valence-electron chi connectivity index (χ2n) is 5.98. The van der Waals surface area contributed by atoms with E-state index in [4.69, 9.17) is 9.84 Å². The number of pyridine rings is 2. The molecule has 30 heavy (non-hydrogen) atoms. The van der Waals surface area contributed by atoms with Gasteiger partial charge in [0.25, 0.3) is 10.0 Å². The van der Waals surface area contributed by atoms with Crippen LogP contribution in [0.1, 0.15) is 5.56 Å². The zero-order valence-electron chi connectivity index (χ0n) is 15.5. The molecule has 0 saturated heterocycles. The Morgan fingerprint density at radius 1 is 1.27 bits per heavy atom. The molecule has 0 fully saturated rings. The number of aromatic nitrogens is 3. The first-order valence-corrected chi connectivity index (χ1v) is 9.92. The molecule has 0 saturated carbocycles. The molecular formula is C18H16F2N4O5S. The third-order valence-corrected chi connectivity index (χ3v) is 5.79. The number of halogens is 2. The summed E-state index contributed by atoms with van der Waals surface area (Å²) in [6.45, 7) is -0.171. The van der Waals surface area contributed by atoms with Gasteiger partial charge in [0.1, 0.15) is 10.6 Å². The first kappa shape index (κ1) is 21.2. The quantitative estimate of drug-likeness (QED) is 0.543. The van der Waals surface area contributed by atoms with Gasteiger partial charge in [-0.3, -0.25) is 0 Å². The van der Waals surface area contributed by atoms with Crippen LogP contribution in [-0.4, -0.2) is 47.2 Å². The lowest BCUT2D eigenvalue weighted by Gasteiger charge is -2.11. The predicted molar refractivity (Wildman–Crippen MR) is 101 cm³/mol. The molecule has 0 atom stereocenters. The van der Waals surface area contributed by atoms with E-state index < -0.39 is 33.6 Å². The topological polar surface area (TPSA) is 123 Å². The van der Waals surface area contributed by atoms with Gasteiger partial charge in [-0.2, -0.15) is 4.39 Å². The highest BCUT2D eigenvalue weighted by atomic mass is 32.2. The standard InChI is InChI=1S/C18H16F2N4O5S/c1-29-14-5-4-12(9-23-14)30(27,28)24-10-11(6-8-22-18(25)26)15(19)16(24)13-3-2-7-21-17(13)20/h2-5,7,9-10,22H,6,8H2,1H3,(H,25,26). The number of hydrogen-bond acceptors (Lipinski definition) is 6. The van der Waals surface area contributed by atoms with Crippen LogP contribution in [0.15, 0.2) is 47.8 Å². The fourth-order valence-corrected chi connectivity index (χ4v) is 4.07. The fourth-order valence-electron chi connectivity index (χ4n) is 2.73. The summed E-state index contributed by atoms with van der Waals surface area (Å²) in [6, 6.07) is 5.06. The molecule has 1 amide bonds. The molecule has 158 valence electrons. The summed E-state index contributed by atoms with van der Waals surface area (Å²) in [5.74, 6) is -1.89. The van der Waals surface area contributed by atoms with E-state index in [1.54, 1.807) is 0 Å². The Hall–Kier alpha value is -3.54. The van der Waals surface area contributed by atoms with Gasteiger partial charge in [0, 0.05) is 30.6 Å². The summed E-state index contributed by atoms with van der Waals surface area (Å²) >= 11 is 0. The molecule has 0 spiro atoms. The molecule has 0 aliphatic rings. The van der Waals surface area contributed by atoms with Crippen LogP contribution in [0.4, 0.5) is 13.6 Å². The molecule has 12 heteroatoms. The van der Waals surface area contributed by atoms with E-state index in [9.17, 15) is 17.6 Å². The number of rotatable bonds is 7. The van der Waals surface area contributed by atoms with Gasteiger partial charge in [-0.15, -0.1) is 0 Å². The largest absolute Gasteiger partial charge is 0.481 e. The van der Waals surface area contributed by atoms with Crippen molar-refractivity contribution in [2.45, 2.75) is 11.3 Å². The van der Waals surface area contributed by atoms with Crippen molar-refractivity contribution in [1.82, 2.24) is 19.3 Å². The van der Waals surface area contributed by atoms with Crippen molar-refractivity contribution in [1.29, 1.82) is 0 Å². The van der Waals surface area contributed by atoms with Gasteiger partial charge in [-0.1, -0.05) is 0 Å². The Morgan fingerprint density at radius 3 is 2.63 bits per heavy atom. The lowest BCUT2D eigenvalue weighted by atomic mass is 10.1. The van der Waals surface area contributed by atoms with E-state index in [-0.39, 0.29) is 34.9 Å². The minimum Gasteiger partial charge on any atom is -0.481 e. The number of hydrogen-bond donors (Lipinski definition) is 2. The number of methoxy groups -OCH3 is 1. The third-order valence-electron chi connectivity index (χ3n) is 4.14. The van der Waals surface area contributed by atoms with E-state index in [0.717, 1.165) is 18.6 Å². The zero-order chi connectivity index (χ0) is 21.9. The maximum Gasteiger partial charge on any atom is 0.404 e. The van der Waals surface area contributed by atoms with E-state index in [1.165, 1.54) is 31.4 Å². The van der Waals surface area contributed by atoms with E-state index >= 15 is 4.39 Å². The van der Waals surface area contributed by atoms with Crippen LogP contribution in [0.3, 0.4) is 0 Å². The lowest BCUT2D eigenvalue weighted by Crippen LogP contribution is -2.23. The molecule has 2 N–H and O–H groups in total. The van der Waals surface area contributed by atoms with E-state index in [2.05, 4.69) is 15.3 Å². The highest BCUT2D eigenvalue weighted by molar-refractivity contribution is 7.90. The summed E-state index contributed by atoms with van der Waals surface area (Å²) in [7, 11) is -3.02. The van der Waals surface area contributed by atoms with Crippen LogP contribution in [0.25, 0.3) is 11.3 Å². The summed E-state index contributed by atoms with van der Waals surface area (Å²) in [4.78, 5) is 17.6. The zero-order valence-corrected chi connectivity index (χ0v) is 16.4. The highest BCUT2D eigenvalue weighted by Gasteiger charge is 2.28. The van der Waals surface area contributed by atoms with Crippen molar-refractivity contribution in [3.8, 4) is 17.1 Å². The fraction of sp³-hybridized carbons (Fsp3) is 0.167.